The summed E-state index contributed by atoms with van der Waals surface area (Å²) in [5, 5.41) is 10.0. The maximum absolute atomic E-state index is 10.0. The molecule has 0 aliphatic heterocycles. The molecule has 1 saturated carbocycles. The van der Waals surface area contributed by atoms with Crippen LogP contribution in [0.4, 0.5) is 0 Å². The van der Waals surface area contributed by atoms with Crippen molar-refractivity contribution in [2.24, 2.45) is 5.92 Å². The Morgan fingerprint density at radius 1 is 1.58 bits per heavy atom. The minimum absolute atomic E-state index is 0.300. The lowest BCUT2D eigenvalue weighted by Gasteiger charge is -2.46. The van der Waals surface area contributed by atoms with E-state index in [1.807, 2.05) is 0 Å². The quantitative estimate of drug-likeness (QED) is 0.702. The molecule has 0 saturated heterocycles. The van der Waals surface area contributed by atoms with E-state index in [1.165, 1.54) is 0 Å². The zero-order valence-electron chi connectivity index (χ0n) is 8.34. The number of hydrogen-bond donors (Lipinski definition) is 1. The Kier molecular flexibility index (Phi) is 3.13. The van der Waals surface area contributed by atoms with Crippen molar-refractivity contribution in [3.8, 4) is 0 Å². The van der Waals surface area contributed by atoms with Gasteiger partial charge < -0.3 is 9.84 Å². The van der Waals surface area contributed by atoms with Crippen LogP contribution in [0.15, 0.2) is 0 Å². The summed E-state index contributed by atoms with van der Waals surface area (Å²) in [6, 6.07) is 0. The Bertz CT molecular complexity index is 139. The zero-order valence-corrected chi connectivity index (χ0v) is 8.34. The molecule has 0 amide bonds. The van der Waals surface area contributed by atoms with Gasteiger partial charge in [-0.15, -0.1) is 0 Å². The minimum Gasteiger partial charge on any atom is -0.389 e. The summed E-state index contributed by atoms with van der Waals surface area (Å²) in [4.78, 5) is 0. The number of aliphatic hydroxyl groups is 1. The van der Waals surface area contributed by atoms with Gasteiger partial charge >= 0.3 is 0 Å². The summed E-state index contributed by atoms with van der Waals surface area (Å²) in [6.45, 7) is 4.29. The van der Waals surface area contributed by atoms with Crippen molar-refractivity contribution in [1.29, 1.82) is 0 Å². The highest BCUT2D eigenvalue weighted by atomic mass is 16.5. The second-order valence-electron chi connectivity index (χ2n) is 4.06. The molecule has 1 N–H and O–H groups in total. The van der Waals surface area contributed by atoms with Crippen molar-refractivity contribution < 1.29 is 9.84 Å². The lowest BCUT2D eigenvalue weighted by molar-refractivity contribution is -0.156. The average molecular weight is 172 g/mol. The third kappa shape index (κ3) is 1.80. The minimum atomic E-state index is -0.420. The molecule has 0 aromatic heterocycles. The van der Waals surface area contributed by atoms with E-state index in [9.17, 15) is 5.11 Å². The first-order valence-corrected chi connectivity index (χ1v) is 4.87. The van der Waals surface area contributed by atoms with E-state index in [4.69, 9.17) is 4.74 Å². The largest absolute Gasteiger partial charge is 0.389 e. The van der Waals surface area contributed by atoms with Crippen LogP contribution in [0, 0.1) is 5.92 Å². The molecule has 12 heavy (non-hydrogen) atoms. The fourth-order valence-electron chi connectivity index (χ4n) is 2.00. The standard InChI is InChI=1S/C10H20O2/c1-4-5-8(2)10(11)6-9(7-10)12-3/h8-9,11H,4-7H2,1-3H3. The highest BCUT2D eigenvalue weighted by Gasteiger charge is 2.46. The molecule has 0 bridgehead atoms. The molecule has 1 fully saturated rings. The van der Waals surface area contributed by atoms with Crippen LogP contribution in [-0.2, 0) is 4.74 Å². The molecule has 0 aromatic rings. The first-order chi connectivity index (χ1) is 5.62. The molecular weight excluding hydrogens is 152 g/mol. The zero-order chi connectivity index (χ0) is 9.19. The molecule has 0 heterocycles. The van der Waals surface area contributed by atoms with Gasteiger partial charge in [0.15, 0.2) is 0 Å². The lowest BCUT2D eigenvalue weighted by atomic mass is 9.68. The summed E-state index contributed by atoms with van der Waals surface area (Å²) in [5.41, 5.74) is -0.420. The van der Waals surface area contributed by atoms with Crippen molar-refractivity contribution in [2.45, 2.75) is 51.2 Å². The topological polar surface area (TPSA) is 29.5 Å². The first kappa shape index (κ1) is 10.0. The molecular formula is C10H20O2. The van der Waals surface area contributed by atoms with Crippen molar-refractivity contribution >= 4 is 0 Å². The van der Waals surface area contributed by atoms with Crippen LogP contribution < -0.4 is 0 Å². The third-order valence-corrected chi connectivity index (χ3v) is 3.13. The molecule has 72 valence electrons. The van der Waals surface area contributed by atoms with Gasteiger partial charge in [0.2, 0.25) is 0 Å². The third-order valence-electron chi connectivity index (χ3n) is 3.13. The van der Waals surface area contributed by atoms with Gasteiger partial charge in [-0.2, -0.15) is 0 Å². The van der Waals surface area contributed by atoms with E-state index in [1.54, 1.807) is 7.11 Å². The van der Waals surface area contributed by atoms with Crippen LogP contribution in [-0.4, -0.2) is 23.9 Å². The van der Waals surface area contributed by atoms with Crippen LogP contribution in [0.1, 0.15) is 39.5 Å². The summed E-state index contributed by atoms with van der Waals surface area (Å²) in [6.07, 6.45) is 4.22. The highest BCUT2D eigenvalue weighted by Crippen LogP contribution is 2.41. The van der Waals surface area contributed by atoms with E-state index in [0.29, 0.717) is 12.0 Å². The van der Waals surface area contributed by atoms with E-state index < -0.39 is 5.60 Å². The Morgan fingerprint density at radius 3 is 2.58 bits per heavy atom. The molecule has 1 rings (SSSR count). The normalized spacial score (nSPS) is 37.5. The fraction of sp³-hybridized carbons (Fsp3) is 1.00. The molecule has 1 aliphatic carbocycles. The summed E-state index contributed by atoms with van der Waals surface area (Å²) in [5.74, 6) is 0.425. The number of hydrogen-bond acceptors (Lipinski definition) is 2. The van der Waals surface area contributed by atoms with Crippen LogP contribution >= 0.6 is 0 Å². The van der Waals surface area contributed by atoms with Crippen LogP contribution in [0.25, 0.3) is 0 Å². The molecule has 2 nitrogen and oxygen atoms in total. The number of methoxy groups -OCH3 is 1. The van der Waals surface area contributed by atoms with Crippen molar-refractivity contribution in [3.63, 3.8) is 0 Å². The van der Waals surface area contributed by atoms with Gasteiger partial charge in [-0.1, -0.05) is 20.3 Å². The SMILES string of the molecule is CCCC(C)C1(O)CC(OC)C1. The monoisotopic (exact) mass is 172 g/mol. The predicted octanol–water partition coefficient (Wildman–Crippen LogP) is 1.96. The smallest absolute Gasteiger partial charge is 0.0722 e. The van der Waals surface area contributed by atoms with Crippen LogP contribution in [0.5, 0.6) is 0 Å². The Hall–Kier alpha value is -0.0800. The molecule has 1 atom stereocenters. The van der Waals surface area contributed by atoms with Gasteiger partial charge in [0.25, 0.3) is 0 Å². The predicted molar refractivity (Wildman–Crippen MR) is 49.1 cm³/mol. The van der Waals surface area contributed by atoms with Gasteiger partial charge in [-0.25, -0.2) is 0 Å². The molecule has 0 aromatic carbocycles. The second-order valence-corrected chi connectivity index (χ2v) is 4.06. The summed E-state index contributed by atoms with van der Waals surface area (Å²) in [7, 11) is 1.72. The van der Waals surface area contributed by atoms with Crippen LogP contribution in [0.2, 0.25) is 0 Å². The van der Waals surface area contributed by atoms with E-state index >= 15 is 0 Å². The van der Waals surface area contributed by atoms with Crippen LogP contribution in [0.3, 0.4) is 0 Å². The van der Waals surface area contributed by atoms with Crippen molar-refractivity contribution in [3.05, 3.63) is 0 Å². The molecule has 0 radical (unpaired) electrons. The number of ether oxygens (including phenoxy) is 1. The van der Waals surface area contributed by atoms with Gasteiger partial charge in [0, 0.05) is 20.0 Å². The van der Waals surface area contributed by atoms with E-state index in [-0.39, 0.29) is 0 Å². The molecule has 1 unspecified atom stereocenters. The highest BCUT2D eigenvalue weighted by molar-refractivity contribution is 4.98. The van der Waals surface area contributed by atoms with Crippen molar-refractivity contribution in [1.82, 2.24) is 0 Å². The molecule has 1 aliphatic rings. The average Bonchev–Trinajstić information content (AvgIpc) is 1.99. The maximum Gasteiger partial charge on any atom is 0.0722 e. The molecule has 0 spiro atoms. The summed E-state index contributed by atoms with van der Waals surface area (Å²) < 4.78 is 5.15. The fourth-order valence-corrected chi connectivity index (χ4v) is 2.00. The van der Waals surface area contributed by atoms with Gasteiger partial charge in [0.1, 0.15) is 0 Å². The number of rotatable bonds is 4. The second kappa shape index (κ2) is 3.75. The van der Waals surface area contributed by atoms with Crippen molar-refractivity contribution in [2.75, 3.05) is 7.11 Å². The van der Waals surface area contributed by atoms with Gasteiger partial charge in [0.05, 0.1) is 11.7 Å². The Balaban J connectivity index is 2.32. The van der Waals surface area contributed by atoms with E-state index in [0.717, 1.165) is 25.7 Å². The van der Waals surface area contributed by atoms with Gasteiger partial charge in [-0.3, -0.25) is 0 Å². The van der Waals surface area contributed by atoms with E-state index in [2.05, 4.69) is 13.8 Å². The Morgan fingerprint density at radius 2 is 2.17 bits per heavy atom. The van der Waals surface area contributed by atoms with Gasteiger partial charge in [-0.05, 0) is 12.3 Å². The maximum atomic E-state index is 10.0. The summed E-state index contributed by atoms with van der Waals surface area (Å²) >= 11 is 0. The molecule has 2 heteroatoms. The Labute approximate surface area is 74.9 Å². The lowest BCUT2D eigenvalue weighted by Crippen LogP contribution is -2.52. The first-order valence-electron chi connectivity index (χ1n) is 4.87.